The lowest BCUT2D eigenvalue weighted by atomic mass is 10.2. The van der Waals surface area contributed by atoms with Crippen LogP contribution in [0.3, 0.4) is 0 Å². The molecule has 0 aliphatic heterocycles. The number of thiazole rings is 1. The number of carbonyl (C=O) groups is 2. The summed E-state index contributed by atoms with van der Waals surface area (Å²) < 4.78 is 5.49. The molecule has 0 aliphatic rings. The first-order valence-electron chi connectivity index (χ1n) is 9.41. The predicted molar refractivity (Wildman–Crippen MR) is 121 cm³/mol. The maximum Gasteiger partial charge on any atom is 0.343 e. The van der Waals surface area contributed by atoms with Crippen LogP contribution in [0, 0.1) is 0 Å². The maximum atomic E-state index is 12.5. The highest BCUT2D eigenvalue weighted by Crippen LogP contribution is 2.27. The maximum absolute atomic E-state index is 12.5. The normalized spacial score (nSPS) is 10.4. The molecular formula is C23H18N4O3S. The van der Waals surface area contributed by atoms with E-state index >= 15 is 0 Å². The summed E-state index contributed by atoms with van der Waals surface area (Å²) in [6.45, 7) is 1.41. The Balaban J connectivity index is 1.45. The molecule has 31 heavy (non-hydrogen) atoms. The molecule has 0 atom stereocenters. The fourth-order valence-corrected chi connectivity index (χ4v) is 3.54. The SMILES string of the molecule is CC(=O)Nc1cccc(C(=O)Oc2cccc(Nc3nc(-c4ccccn4)cs3)c2)c1. The molecule has 2 heterocycles. The van der Waals surface area contributed by atoms with E-state index in [9.17, 15) is 9.59 Å². The number of hydrogen-bond donors (Lipinski definition) is 2. The summed E-state index contributed by atoms with van der Waals surface area (Å²) in [6, 6.07) is 19.3. The highest BCUT2D eigenvalue weighted by molar-refractivity contribution is 7.14. The van der Waals surface area contributed by atoms with Gasteiger partial charge in [-0.2, -0.15) is 0 Å². The Morgan fingerprint density at radius 1 is 0.935 bits per heavy atom. The minimum Gasteiger partial charge on any atom is -0.423 e. The predicted octanol–water partition coefficient (Wildman–Crippen LogP) is 5.13. The molecule has 0 fully saturated rings. The summed E-state index contributed by atoms with van der Waals surface area (Å²) in [5.74, 6) is -0.338. The topological polar surface area (TPSA) is 93.2 Å². The van der Waals surface area contributed by atoms with Crippen LogP contribution in [0.1, 0.15) is 17.3 Å². The van der Waals surface area contributed by atoms with Crippen molar-refractivity contribution >= 4 is 39.7 Å². The minimum atomic E-state index is -0.518. The zero-order chi connectivity index (χ0) is 21.6. The number of aromatic nitrogens is 2. The quantitative estimate of drug-likeness (QED) is 0.326. The van der Waals surface area contributed by atoms with E-state index in [1.54, 1.807) is 48.7 Å². The van der Waals surface area contributed by atoms with Crippen molar-refractivity contribution in [2.45, 2.75) is 6.92 Å². The van der Waals surface area contributed by atoms with Crippen LogP contribution in [0.5, 0.6) is 5.75 Å². The van der Waals surface area contributed by atoms with Gasteiger partial charge in [0, 0.05) is 35.9 Å². The second-order valence-electron chi connectivity index (χ2n) is 6.56. The van der Waals surface area contributed by atoms with Gasteiger partial charge in [0.15, 0.2) is 5.13 Å². The number of ether oxygens (including phenoxy) is 1. The molecule has 4 aromatic rings. The van der Waals surface area contributed by atoms with Crippen LogP contribution >= 0.6 is 11.3 Å². The third-order valence-corrected chi connectivity index (χ3v) is 4.90. The number of nitrogens with zero attached hydrogens (tertiary/aromatic N) is 2. The number of anilines is 3. The van der Waals surface area contributed by atoms with Gasteiger partial charge in [0.25, 0.3) is 0 Å². The number of carbonyl (C=O) groups excluding carboxylic acids is 2. The van der Waals surface area contributed by atoms with Crippen LogP contribution < -0.4 is 15.4 Å². The molecular weight excluding hydrogens is 412 g/mol. The Hall–Kier alpha value is -4.04. The van der Waals surface area contributed by atoms with Crippen LogP contribution in [0.15, 0.2) is 78.3 Å². The molecule has 2 aromatic heterocycles. The van der Waals surface area contributed by atoms with E-state index in [1.807, 2.05) is 29.6 Å². The van der Waals surface area contributed by atoms with Crippen molar-refractivity contribution in [1.29, 1.82) is 0 Å². The van der Waals surface area contributed by atoms with Gasteiger partial charge < -0.3 is 15.4 Å². The lowest BCUT2D eigenvalue weighted by Crippen LogP contribution is -2.10. The van der Waals surface area contributed by atoms with E-state index in [-0.39, 0.29) is 5.91 Å². The van der Waals surface area contributed by atoms with Crippen molar-refractivity contribution < 1.29 is 14.3 Å². The monoisotopic (exact) mass is 430 g/mol. The van der Waals surface area contributed by atoms with E-state index in [2.05, 4.69) is 20.6 Å². The zero-order valence-corrected chi connectivity index (χ0v) is 17.3. The largest absolute Gasteiger partial charge is 0.423 e. The van der Waals surface area contributed by atoms with Crippen LogP contribution in [-0.4, -0.2) is 21.8 Å². The van der Waals surface area contributed by atoms with E-state index in [0.29, 0.717) is 22.1 Å². The van der Waals surface area contributed by atoms with Crippen molar-refractivity contribution in [3.63, 3.8) is 0 Å². The molecule has 2 aromatic carbocycles. The number of nitrogens with one attached hydrogen (secondary N) is 2. The third kappa shape index (κ3) is 5.31. The molecule has 0 aliphatic carbocycles. The van der Waals surface area contributed by atoms with E-state index in [1.165, 1.54) is 18.3 Å². The number of hydrogen-bond acceptors (Lipinski definition) is 7. The van der Waals surface area contributed by atoms with Gasteiger partial charge >= 0.3 is 5.97 Å². The average Bonchev–Trinajstić information content (AvgIpc) is 3.23. The van der Waals surface area contributed by atoms with Gasteiger partial charge in [-0.05, 0) is 42.5 Å². The van der Waals surface area contributed by atoms with Crippen LogP contribution in [0.25, 0.3) is 11.4 Å². The smallest absolute Gasteiger partial charge is 0.343 e. The fraction of sp³-hybridized carbons (Fsp3) is 0.0435. The first-order chi connectivity index (χ1) is 15.1. The molecule has 0 unspecified atom stereocenters. The van der Waals surface area contributed by atoms with Crippen molar-refractivity contribution in [2.24, 2.45) is 0 Å². The second kappa shape index (κ2) is 9.19. The van der Waals surface area contributed by atoms with E-state index in [0.717, 1.165) is 17.1 Å². The van der Waals surface area contributed by atoms with Crippen molar-refractivity contribution in [1.82, 2.24) is 9.97 Å². The van der Waals surface area contributed by atoms with E-state index < -0.39 is 5.97 Å². The molecule has 0 bridgehead atoms. The molecule has 0 saturated carbocycles. The highest BCUT2D eigenvalue weighted by atomic mass is 32.1. The minimum absolute atomic E-state index is 0.210. The Labute approximate surface area is 182 Å². The summed E-state index contributed by atoms with van der Waals surface area (Å²) >= 11 is 1.46. The molecule has 0 saturated heterocycles. The Morgan fingerprint density at radius 3 is 2.58 bits per heavy atom. The Morgan fingerprint density at radius 2 is 1.77 bits per heavy atom. The van der Waals surface area contributed by atoms with E-state index in [4.69, 9.17) is 4.74 Å². The third-order valence-electron chi connectivity index (χ3n) is 4.15. The van der Waals surface area contributed by atoms with Crippen molar-refractivity contribution in [2.75, 3.05) is 10.6 Å². The van der Waals surface area contributed by atoms with Crippen molar-refractivity contribution in [3.8, 4) is 17.1 Å². The van der Waals surface area contributed by atoms with Gasteiger partial charge in [0.2, 0.25) is 5.91 Å². The first-order valence-corrected chi connectivity index (χ1v) is 10.3. The summed E-state index contributed by atoms with van der Waals surface area (Å²) in [4.78, 5) is 32.6. The zero-order valence-electron chi connectivity index (χ0n) is 16.5. The molecule has 1 amide bonds. The number of rotatable bonds is 6. The average molecular weight is 430 g/mol. The van der Waals surface area contributed by atoms with Crippen LogP contribution in [0.2, 0.25) is 0 Å². The summed E-state index contributed by atoms with van der Waals surface area (Å²) in [5.41, 5.74) is 3.19. The van der Waals surface area contributed by atoms with Gasteiger partial charge in [-0.25, -0.2) is 9.78 Å². The fourth-order valence-electron chi connectivity index (χ4n) is 2.82. The van der Waals surface area contributed by atoms with Gasteiger partial charge in [-0.1, -0.05) is 18.2 Å². The van der Waals surface area contributed by atoms with Crippen LogP contribution in [-0.2, 0) is 4.79 Å². The number of pyridine rings is 1. The number of benzene rings is 2. The summed E-state index contributed by atoms with van der Waals surface area (Å²) in [7, 11) is 0. The lowest BCUT2D eigenvalue weighted by molar-refractivity contribution is -0.114. The standard InChI is InChI=1S/C23H18N4O3S/c1-15(28)25-17-7-4-6-16(12-17)22(29)30-19-9-5-8-18(13-19)26-23-27-21(14-31-23)20-10-2-3-11-24-20/h2-14H,1H3,(H,25,28)(H,26,27). The van der Waals surface area contributed by atoms with Gasteiger partial charge in [0.1, 0.15) is 11.4 Å². The molecule has 154 valence electrons. The second-order valence-corrected chi connectivity index (χ2v) is 7.42. The van der Waals surface area contributed by atoms with Crippen molar-refractivity contribution in [3.05, 3.63) is 83.9 Å². The first kappa shape index (κ1) is 20.2. The molecule has 2 N–H and O–H groups in total. The van der Waals surface area contributed by atoms with Gasteiger partial charge in [0.05, 0.1) is 11.3 Å². The Bertz CT molecular complexity index is 1220. The molecule has 0 radical (unpaired) electrons. The Kier molecular flexibility index (Phi) is 6.00. The summed E-state index contributed by atoms with van der Waals surface area (Å²) in [5, 5.41) is 8.49. The molecule has 7 nitrogen and oxygen atoms in total. The number of esters is 1. The summed E-state index contributed by atoms with van der Waals surface area (Å²) in [6.07, 6.45) is 1.73. The van der Waals surface area contributed by atoms with Gasteiger partial charge in [-0.15, -0.1) is 11.3 Å². The molecule has 0 spiro atoms. The molecule has 8 heteroatoms. The highest BCUT2D eigenvalue weighted by Gasteiger charge is 2.11. The lowest BCUT2D eigenvalue weighted by Gasteiger charge is -2.08. The number of amides is 1. The van der Waals surface area contributed by atoms with Crippen LogP contribution in [0.4, 0.5) is 16.5 Å². The van der Waals surface area contributed by atoms with Gasteiger partial charge in [-0.3, -0.25) is 9.78 Å². The molecule has 4 rings (SSSR count).